The summed E-state index contributed by atoms with van der Waals surface area (Å²) in [7, 11) is 0. The molecule has 2 nitrogen and oxygen atoms in total. The van der Waals surface area contributed by atoms with E-state index in [1.165, 1.54) is 43.9 Å². The van der Waals surface area contributed by atoms with Crippen molar-refractivity contribution in [3.8, 4) is 0 Å². The molecule has 0 saturated carbocycles. The molecule has 3 atom stereocenters. The predicted molar refractivity (Wildman–Crippen MR) is 72.8 cm³/mol. The zero-order valence-corrected chi connectivity index (χ0v) is 11.5. The van der Waals surface area contributed by atoms with Crippen molar-refractivity contribution < 1.29 is 0 Å². The van der Waals surface area contributed by atoms with Crippen molar-refractivity contribution in [3.05, 3.63) is 0 Å². The molecule has 0 radical (unpaired) electrons. The number of hydrogen-bond donors (Lipinski definition) is 1. The van der Waals surface area contributed by atoms with Crippen LogP contribution in [0.15, 0.2) is 0 Å². The zero-order valence-electron chi connectivity index (χ0n) is 10.7. The van der Waals surface area contributed by atoms with Crippen LogP contribution in [0.25, 0.3) is 0 Å². The lowest BCUT2D eigenvalue weighted by Crippen LogP contribution is -2.52. The van der Waals surface area contributed by atoms with E-state index in [1.54, 1.807) is 0 Å². The molecule has 2 aliphatic rings. The Kier molecular flexibility index (Phi) is 4.57. The van der Waals surface area contributed by atoms with Crippen LogP contribution < -0.4 is 5.73 Å². The molecule has 0 aromatic carbocycles. The van der Waals surface area contributed by atoms with Gasteiger partial charge in [0.15, 0.2) is 0 Å². The Bertz CT molecular complexity index is 216. The second kappa shape index (κ2) is 5.74. The maximum Gasteiger partial charge on any atom is 0.0107 e. The van der Waals surface area contributed by atoms with Crippen molar-refractivity contribution in [2.24, 2.45) is 17.6 Å². The van der Waals surface area contributed by atoms with E-state index in [0.29, 0.717) is 18.0 Å². The van der Waals surface area contributed by atoms with Crippen LogP contribution in [0.2, 0.25) is 0 Å². The Morgan fingerprint density at radius 2 is 1.88 bits per heavy atom. The highest BCUT2D eigenvalue weighted by molar-refractivity contribution is 7.99. The van der Waals surface area contributed by atoms with Gasteiger partial charge in [-0.1, -0.05) is 6.92 Å². The van der Waals surface area contributed by atoms with Crippen molar-refractivity contribution >= 4 is 11.8 Å². The molecular weight excluding hydrogens is 216 g/mol. The molecule has 0 amide bonds. The summed E-state index contributed by atoms with van der Waals surface area (Å²) < 4.78 is 0. The third kappa shape index (κ3) is 2.93. The molecular formula is C13H26N2S. The Morgan fingerprint density at radius 1 is 1.19 bits per heavy atom. The molecule has 2 fully saturated rings. The number of rotatable bonds is 2. The zero-order chi connectivity index (χ0) is 11.5. The molecule has 2 N–H and O–H groups in total. The number of nitrogens with two attached hydrogens (primary N) is 1. The quantitative estimate of drug-likeness (QED) is 0.805. The van der Waals surface area contributed by atoms with Gasteiger partial charge in [-0.15, -0.1) is 0 Å². The lowest BCUT2D eigenvalue weighted by atomic mass is 9.86. The van der Waals surface area contributed by atoms with Gasteiger partial charge < -0.3 is 10.6 Å². The van der Waals surface area contributed by atoms with Crippen LogP contribution in [-0.4, -0.2) is 41.6 Å². The molecule has 94 valence electrons. The van der Waals surface area contributed by atoms with Gasteiger partial charge in [-0.2, -0.15) is 11.8 Å². The van der Waals surface area contributed by atoms with Crippen LogP contribution in [0.1, 0.15) is 33.1 Å². The minimum absolute atomic E-state index is 0.424. The van der Waals surface area contributed by atoms with E-state index >= 15 is 0 Å². The normalized spacial score (nSPS) is 38.8. The van der Waals surface area contributed by atoms with Gasteiger partial charge in [-0.25, -0.2) is 0 Å². The first-order valence-electron chi connectivity index (χ1n) is 6.76. The van der Waals surface area contributed by atoms with E-state index in [-0.39, 0.29) is 0 Å². The third-order valence-corrected chi connectivity index (χ3v) is 5.64. The van der Waals surface area contributed by atoms with E-state index in [9.17, 15) is 0 Å². The summed E-state index contributed by atoms with van der Waals surface area (Å²) in [6, 6.07) is 1.10. The number of hydrogen-bond acceptors (Lipinski definition) is 3. The average molecular weight is 242 g/mol. The summed E-state index contributed by atoms with van der Waals surface area (Å²) in [5.41, 5.74) is 6.13. The minimum atomic E-state index is 0.424. The third-order valence-electron chi connectivity index (χ3n) is 4.60. The van der Waals surface area contributed by atoms with Crippen LogP contribution in [0.3, 0.4) is 0 Å². The van der Waals surface area contributed by atoms with Crippen molar-refractivity contribution in [3.63, 3.8) is 0 Å². The summed E-state index contributed by atoms with van der Waals surface area (Å²) in [6.45, 7) is 7.22. The Labute approximate surface area is 104 Å². The summed E-state index contributed by atoms with van der Waals surface area (Å²) in [5.74, 6) is 4.36. The molecule has 3 heteroatoms. The van der Waals surface area contributed by atoms with E-state index in [0.717, 1.165) is 5.92 Å². The highest BCUT2D eigenvalue weighted by Gasteiger charge is 2.31. The highest BCUT2D eigenvalue weighted by atomic mass is 32.2. The lowest BCUT2D eigenvalue weighted by molar-refractivity contribution is 0.0799. The largest absolute Gasteiger partial charge is 0.327 e. The second-order valence-corrected chi connectivity index (χ2v) is 6.83. The fourth-order valence-electron chi connectivity index (χ4n) is 2.99. The molecule has 0 spiro atoms. The Hall–Kier alpha value is 0.270. The number of thioether (sulfide) groups is 1. The first-order valence-corrected chi connectivity index (χ1v) is 7.91. The fourth-order valence-corrected chi connectivity index (χ4v) is 4.19. The van der Waals surface area contributed by atoms with Crippen LogP contribution in [-0.2, 0) is 0 Å². The van der Waals surface area contributed by atoms with Gasteiger partial charge in [0.1, 0.15) is 0 Å². The van der Waals surface area contributed by atoms with Gasteiger partial charge in [0.2, 0.25) is 0 Å². The van der Waals surface area contributed by atoms with Gasteiger partial charge in [0.25, 0.3) is 0 Å². The van der Waals surface area contributed by atoms with Crippen molar-refractivity contribution in [2.75, 3.05) is 24.6 Å². The summed E-state index contributed by atoms with van der Waals surface area (Å²) >= 11 is 2.12. The molecule has 0 aromatic heterocycles. The molecule has 2 heterocycles. The Balaban J connectivity index is 1.84. The maximum atomic E-state index is 6.13. The van der Waals surface area contributed by atoms with E-state index in [2.05, 4.69) is 30.5 Å². The van der Waals surface area contributed by atoms with Crippen molar-refractivity contribution in [1.29, 1.82) is 0 Å². The number of likely N-dealkylation sites (tertiary alicyclic amines) is 1. The monoisotopic (exact) mass is 242 g/mol. The highest BCUT2D eigenvalue weighted by Crippen LogP contribution is 2.28. The van der Waals surface area contributed by atoms with Crippen LogP contribution in [0.5, 0.6) is 0 Å². The lowest BCUT2D eigenvalue weighted by Gasteiger charge is -2.43. The van der Waals surface area contributed by atoms with Crippen molar-refractivity contribution in [1.82, 2.24) is 4.90 Å². The second-order valence-electron chi connectivity index (χ2n) is 5.60. The van der Waals surface area contributed by atoms with Crippen LogP contribution >= 0.6 is 11.8 Å². The molecule has 2 saturated heterocycles. The van der Waals surface area contributed by atoms with Gasteiger partial charge in [-0.05, 0) is 56.1 Å². The van der Waals surface area contributed by atoms with E-state index < -0.39 is 0 Å². The first kappa shape index (κ1) is 12.7. The van der Waals surface area contributed by atoms with E-state index in [4.69, 9.17) is 5.73 Å². The van der Waals surface area contributed by atoms with Crippen molar-refractivity contribution in [2.45, 2.75) is 45.2 Å². The standard InChI is InChI=1S/C13H26N2S/c1-10-11(2)15(6-3-13(10)14)9-12-4-7-16-8-5-12/h10-13H,3-9,14H2,1-2H3. The molecule has 0 aliphatic carbocycles. The fraction of sp³-hybridized carbons (Fsp3) is 1.00. The van der Waals surface area contributed by atoms with E-state index in [1.807, 2.05) is 0 Å². The van der Waals surface area contributed by atoms with Gasteiger partial charge in [-0.3, -0.25) is 0 Å². The number of nitrogens with zero attached hydrogens (tertiary/aromatic N) is 1. The van der Waals surface area contributed by atoms with Gasteiger partial charge in [0.05, 0.1) is 0 Å². The smallest absolute Gasteiger partial charge is 0.0107 e. The molecule has 16 heavy (non-hydrogen) atoms. The molecule has 0 aromatic rings. The predicted octanol–water partition coefficient (Wildman–Crippen LogP) is 2.19. The van der Waals surface area contributed by atoms with Crippen LogP contribution in [0.4, 0.5) is 0 Å². The Morgan fingerprint density at radius 3 is 2.56 bits per heavy atom. The summed E-state index contributed by atoms with van der Waals surface area (Å²) in [5, 5.41) is 0. The first-order chi connectivity index (χ1) is 7.68. The maximum absolute atomic E-state index is 6.13. The van der Waals surface area contributed by atoms with Crippen LogP contribution in [0, 0.1) is 11.8 Å². The molecule has 0 bridgehead atoms. The minimum Gasteiger partial charge on any atom is -0.327 e. The average Bonchev–Trinajstić information content (AvgIpc) is 2.31. The topological polar surface area (TPSA) is 29.3 Å². The SMILES string of the molecule is CC1C(N)CCN(CC2CCSCC2)C1C. The van der Waals surface area contributed by atoms with Gasteiger partial charge >= 0.3 is 0 Å². The summed E-state index contributed by atoms with van der Waals surface area (Å²) in [6.07, 6.45) is 4.04. The molecule has 3 unspecified atom stereocenters. The van der Waals surface area contributed by atoms with Gasteiger partial charge in [0, 0.05) is 18.6 Å². The number of piperidine rings is 1. The molecule has 2 rings (SSSR count). The summed E-state index contributed by atoms with van der Waals surface area (Å²) in [4.78, 5) is 2.69. The molecule has 2 aliphatic heterocycles.